The molecule has 6 nitrogen and oxygen atoms in total. The van der Waals surface area contributed by atoms with Gasteiger partial charge in [0.15, 0.2) is 11.9 Å². The first-order valence-electron chi connectivity index (χ1n) is 8.08. The van der Waals surface area contributed by atoms with Crippen LogP contribution in [0, 0.1) is 0 Å². The van der Waals surface area contributed by atoms with Crippen molar-refractivity contribution in [3.05, 3.63) is 59.2 Å². The number of nitrogens with one attached hydrogen (secondary N) is 1. The van der Waals surface area contributed by atoms with E-state index in [9.17, 15) is 27.6 Å². The number of esters is 1. The highest BCUT2D eigenvalue weighted by atomic mass is 19.4. The Morgan fingerprint density at radius 2 is 1.68 bits per heavy atom. The number of nitrogens with two attached hydrogens (primary N) is 1. The maximum Gasteiger partial charge on any atom is 0.416 e. The number of anilines is 2. The first-order chi connectivity index (χ1) is 13.0. The lowest BCUT2D eigenvalue weighted by atomic mass is 10.1. The summed E-state index contributed by atoms with van der Waals surface area (Å²) in [7, 11) is 0. The zero-order chi connectivity index (χ0) is 21.1. The molecule has 9 heteroatoms. The summed E-state index contributed by atoms with van der Waals surface area (Å²) >= 11 is 0. The lowest BCUT2D eigenvalue weighted by Crippen LogP contribution is -2.30. The molecule has 148 valence electrons. The molecule has 1 amide bonds. The second-order valence-electron chi connectivity index (χ2n) is 5.97. The zero-order valence-corrected chi connectivity index (χ0v) is 15.0. The van der Waals surface area contributed by atoms with Crippen molar-refractivity contribution in [2.45, 2.75) is 26.1 Å². The molecule has 0 saturated carbocycles. The van der Waals surface area contributed by atoms with E-state index in [-0.39, 0.29) is 11.3 Å². The number of ether oxygens (including phenoxy) is 1. The van der Waals surface area contributed by atoms with Gasteiger partial charge in [-0.2, -0.15) is 13.2 Å². The minimum absolute atomic E-state index is 0.130. The number of hydrogen-bond acceptors (Lipinski definition) is 5. The van der Waals surface area contributed by atoms with Crippen molar-refractivity contribution >= 4 is 29.0 Å². The van der Waals surface area contributed by atoms with E-state index in [1.807, 2.05) is 0 Å². The number of rotatable bonds is 5. The Bertz CT molecular complexity index is 908. The van der Waals surface area contributed by atoms with Crippen molar-refractivity contribution in [2.75, 3.05) is 11.1 Å². The molecule has 2 rings (SSSR count). The summed E-state index contributed by atoms with van der Waals surface area (Å²) in [5.41, 5.74) is 4.67. The summed E-state index contributed by atoms with van der Waals surface area (Å²) in [6.45, 7) is 2.71. The van der Waals surface area contributed by atoms with Crippen molar-refractivity contribution in [2.24, 2.45) is 0 Å². The third-order valence-electron chi connectivity index (χ3n) is 3.81. The van der Waals surface area contributed by atoms with E-state index in [0.29, 0.717) is 23.4 Å². The summed E-state index contributed by atoms with van der Waals surface area (Å²) in [5.74, 6) is -1.82. The third kappa shape index (κ3) is 5.09. The minimum atomic E-state index is -4.60. The van der Waals surface area contributed by atoms with Crippen LogP contribution < -0.4 is 11.1 Å². The molecule has 0 fully saturated rings. The molecule has 0 aromatic heterocycles. The van der Waals surface area contributed by atoms with Gasteiger partial charge in [0.05, 0.1) is 11.1 Å². The fourth-order valence-corrected chi connectivity index (χ4v) is 2.23. The Morgan fingerprint density at radius 1 is 1.07 bits per heavy atom. The summed E-state index contributed by atoms with van der Waals surface area (Å²) in [6, 6.07) is 8.29. The smallest absolute Gasteiger partial charge is 0.416 e. The number of benzene rings is 2. The fourth-order valence-electron chi connectivity index (χ4n) is 2.23. The predicted molar refractivity (Wildman–Crippen MR) is 95.8 cm³/mol. The van der Waals surface area contributed by atoms with Crippen LogP contribution in [0.5, 0.6) is 0 Å². The average Bonchev–Trinajstić information content (AvgIpc) is 2.61. The fraction of sp³-hybridized carbons (Fsp3) is 0.211. The highest BCUT2D eigenvalue weighted by molar-refractivity contribution is 6.00. The molecule has 0 bridgehead atoms. The van der Waals surface area contributed by atoms with Crippen LogP contribution in [0.1, 0.15) is 40.1 Å². The van der Waals surface area contributed by atoms with Gasteiger partial charge in [-0.1, -0.05) is 0 Å². The van der Waals surface area contributed by atoms with Gasteiger partial charge in [0.2, 0.25) is 0 Å². The van der Waals surface area contributed by atoms with Gasteiger partial charge in [-0.3, -0.25) is 9.59 Å². The highest BCUT2D eigenvalue weighted by Crippen LogP contribution is 2.31. The Balaban J connectivity index is 2.03. The molecular formula is C19H17F3N2O4. The molecule has 2 aromatic rings. The zero-order valence-electron chi connectivity index (χ0n) is 15.0. The molecule has 0 unspecified atom stereocenters. The largest absolute Gasteiger partial charge is 0.449 e. The van der Waals surface area contributed by atoms with Gasteiger partial charge in [-0.05, 0) is 56.3 Å². The van der Waals surface area contributed by atoms with Crippen LogP contribution in [-0.4, -0.2) is 23.8 Å². The first kappa shape index (κ1) is 20.9. The number of amides is 1. The molecule has 0 heterocycles. The SMILES string of the molecule is CC(=O)c1ccc(NC(=O)[C@@H](C)OC(=O)c2ccc(C(F)(F)F)cc2N)cc1. The molecule has 1 atom stereocenters. The molecule has 0 aliphatic carbocycles. The van der Waals surface area contributed by atoms with Gasteiger partial charge in [-0.15, -0.1) is 0 Å². The number of alkyl halides is 3. The maximum absolute atomic E-state index is 12.6. The van der Waals surface area contributed by atoms with E-state index in [1.54, 1.807) is 0 Å². The Kier molecular flexibility index (Phi) is 6.07. The van der Waals surface area contributed by atoms with E-state index >= 15 is 0 Å². The standard InChI is InChI=1S/C19H17F3N2O4/c1-10(25)12-3-6-14(7-4-12)24-17(26)11(2)28-18(27)15-8-5-13(9-16(15)23)19(20,21)22/h3-9,11H,23H2,1-2H3,(H,24,26)/t11-/m1/s1. The second kappa shape index (κ2) is 8.12. The molecular weight excluding hydrogens is 377 g/mol. The van der Waals surface area contributed by atoms with Crippen molar-refractivity contribution in [3.63, 3.8) is 0 Å². The summed E-state index contributed by atoms with van der Waals surface area (Å²) in [5, 5.41) is 2.50. The quantitative estimate of drug-likeness (QED) is 0.458. The topological polar surface area (TPSA) is 98.5 Å². The van der Waals surface area contributed by atoms with Crippen LogP contribution >= 0.6 is 0 Å². The molecule has 0 spiro atoms. The van der Waals surface area contributed by atoms with Crippen molar-refractivity contribution in [3.8, 4) is 0 Å². The van der Waals surface area contributed by atoms with Crippen LogP contribution in [0.4, 0.5) is 24.5 Å². The minimum Gasteiger partial charge on any atom is -0.449 e. The van der Waals surface area contributed by atoms with Crippen LogP contribution in [0.2, 0.25) is 0 Å². The van der Waals surface area contributed by atoms with E-state index in [0.717, 1.165) is 6.07 Å². The molecule has 2 aromatic carbocycles. The van der Waals surface area contributed by atoms with Crippen LogP contribution in [0.3, 0.4) is 0 Å². The lowest BCUT2D eigenvalue weighted by Gasteiger charge is -2.15. The van der Waals surface area contributed by atoms with E-state index in [1.165, 1.54) is 38.1 Å². The molecule has 0 radical (unpaired) electrons. The number of ketones is 1. The van der Waals surface area contributed by atoms with E-state index in [4.69, 9.17) is 10.5 Å². The van der Waals surface area contributed by atoms with Crippen molar-refractivity contribution < 1.29 is 32.3 Å². The third-order valence-corrected chi connectivity index (χ3v) is 3.81. The van der Waals surface area contributed by atoms with Gasteiger partial charge in [0, 0.05) is 16.9 Å². The first-order valence-corrected chi connectivity index (χ1v) is 8.08. The number of carbonyl (C=O) groups is 3. The molecule has 3 N–H and O–H groups in total. The number of hydrogen-bond donors (Lipinski definition) is 2. The normalized spacial score (nSPS) is 12.2. The van der Waals surface area contributed by atoms with Crippen LogP contribution in [0.15, 0.2) is 42.5 Å². The summed E-state index contributed by atoms with van der Waals surface area (Å²) < 4.78 is 42.9. The Hall–Kier alpha value is -3.36. The van der Waals surface area contributed by atoms with Crippen molar-refractivity contribution in [1.82, 2.24) is 0 Å². The predicted octanol–water partition coefficient (Wildman–Crippen LogP) is 3.67. The maximum atomic E-state index is 12.6. The Labute approximate surface area is 158 Å². The molecule has 28 heavy (non-hydrogen) atoms. The number of Topliss-reactive ketones (excluding diaryl/α,β-unsaturated/α-hetero) is 1. The van der Waals surface area contributed by atoms with Crippen LogP contribution in [-0.2, 0) is 15.7 Å². The average molecular weight is 394 g/mol. The van der Waals surface area contributed by atoms with E-state index < -0.39 is 35.4 Å². The van der Waals surface area contributed by atoms with Gasteiger partial charge < -0.3 is 15.8 Å². The van der Waals surface area contributed by atoms with Crippen molar-refractivity contribution in [1.29, 1.82) is 0 Å². The van der Waals surface area contributed by atoms with E-state index in [2.05, 4.69) is 5.32 Å². The van der Waals surface area contributed by atoms with Gasteiger partial charge in [0.25, 0.3) is 5.91 Å². The number of halogens is 3. The monoisotopic (exact) mass is 394 g/mol. The summed E-state index contributed by atoms with van der Waals surface area (Å²) in [6.07, 6.45) is -5.83. The molecule has 0 aliphatic rings. The lowest BCUT2D eigenvalue weighted by molar-refractivity contribution is -0.137. The summed E-state index contributed by atoms with van der Waals surface area (Å²) in [4.78, 5) is 35.5. The Morgan fingerprint density at radius 3 is 2.18 bits per heavy atom. The molecule has 0 saturated heterocycles. The number of carbonyl (C=O) groups excluding carboxylic acids is 3. The number of nitrogen functional groups attached to an aromatic ring is 1. The second-order valence-corrected chi connectivity index (χ2v) is 5.97. The highest BCUT2D eigenvalue weighted by Gasteiger charge is 2.31. The van der Waals surface area contributed by atoms with Crippen LogP contribution in [0.25, 0.3) is 0 Å². The van der Waals surface area contributed by atoms with Gasteiger partial charge >= 0.3 is 12.1 Å². The van der Waals surface area contributed by atoms with Gasteiger partial charge in [-0.25, -0.2) is 4.79 Å². The van der Waals surface area contributed by atoms with Gasteiger partial charge in [0.1, 0.15) is 0 Å². The molecule has 0 aliphatic heterocycles.